The van der Waals surface area contributed by atoms with Gasteiger partial charge < -0.3 is 9.84 Å². The van der Waals surface area contributed by atoms with Crippen molar-refractivity contribution in [3.8, 4) is 0 Å². The van der Waals surface area contributed by atoms with Crippen LogP contribution in [0.2, 0.25) is 0 Å². The van der Waals surface area contributed by atoms with Gasteiger partial charge in [0, 0.05) is 1.43 Å². The van der Waals surface area contributed by atoms with Crippen LogP contribution in [0, 0.1) is 0 Å². The minimum absolute atomic E-state index is 0. The van der Waals surface area contributed by atoms with Gasteiger partial charge in [-0.1, -0.05) is 0 Å². The summed E-state index contributed by atoms with van der Waals surface area (Å²) in [5.74, 6) is 0. The van der Waals surface area contributed by atoms with Gasteiger partial charge in [-0.2, -0.15) is 0 Å². The monoisotopic (exact) mass is 161 g/mol. The van der Waals surface area contributed by atoms with E-state index in [-0.39, 0.29) is 72.3 Å². The van der Waals surface area contributed by atoms with E-state index in [1.807, 2.05) is 0 Å². The molecule has 2 nitrogen and oxygen atoms in total. The third-order valence-electron chi connectivity index (χ3n) is 0.588. The molecule has 6 heavy (non-hydrogen) atoms. The molecule has 0 amide bonds. The summed E-state index contributed by atoms with van der Waals surface area (Å²) in [6.45, 7) is 0.642. The van der Waals surface area contributed by atoms with E-state index in [4.69, 9.17) is 0 Å². The molecule has 0 radical (unpaired) electrons. The van der Waals surface area contributed by atoms with Crippen molar-refractivity contribution < 1.29 is 69.5 Å². The summed E-state index contributed by atoms with van der Waals surface area (Å²) in [5, 5.41) is 9.57. The Morgan fingerprint density at radius 3 is 2.50 bits per heavy atom. The van der Waals surface area contributed by atoms with Crippen molar-refractivity contribution in [1.29, 1.82) is 0 Å². The average molecular weight is 162 g/mol. The normalized spacial score (nSPS) is 28.5. The number of hydrogen-bond acceptors (Lipinski definition) is 2. The summed E-state index contributed by atoms with van der Waals surface area (Å²) in [5.41, 5.74) is 0. The number of epoxide rings is 1. The van der Waals surface area contributed by atoms with E-state index in [1.165, 1.54) is 0 Å². The fourth-order valence-electron chi connectivity index (χ4n) is 0.164. The molecule has 0 bridgehead atoms. The molecular weight excluding hydrogens is 153 g/mol. The van der Waals surface area contributed by atoms with E-state index in [2.05, 4.69) is 4.74 Å². The van der Waals surface area contributed by atoms with Crippen molar-refractivity contribution in [2.24, 2.45) is 0 Å². The summed E-state index contributed by atoms with van der Waals surface area (Å²) in [4.78, 5) is 0. The molecule has 0 spiro atoms. The molecule has 1 fully saturated rings. The summed E-state index contributed by atoms with van der Waals surface area (Å²) in [6, 6.07) is 0. The zero-order chi connectivity index (χ0) is 3.70. The second-order valence-corrected chi connectivity index (χ2v) is 1.12. The van der Waals surface area contributed by atoms with Crippen LogP contribution >= 0.6 is 0 Å². The number of hydrogen-bond donors (Lipinski definition) is 0. The molecule has 1 aliphatic rings. The van der Waals surface area contributed by atoms with Crippen molar-refractivity contribution in [2.75, 3.05) is 13.2 Å². The summed E-state index contributed by atoms with van der Waals surface area (Å²) < 4.78 is 4.55. The molecule has 1 aliphatic heterocycles. The third kappa shape index (κ3) is 2.83. The zero-order valence-corrected chi connectivity index (χ0v) is 8.72. The molecule has 0 aromatic rings. The van der Waals surface area contributed by atoms with Crippen LogP contribution in [-0.4, -0.2) is 19.3 Å². The Kier molecular flexibility index (Phi) is 4.76. The van der Waals surface area contributed by atoms with Crippen molar-refractivity contribution >= 4 is 0 Å². The van der Waals surface area contributed by atoms with Crippen molar-refractivity contribution in [3.05, 3.63) is 0 Å². The van der Waals surface area contributed by atoms with Crippen molar-refractivity contribution in [2.45, 2.75) is 6.10 Å². The SMILES string of the molecule is [2HH].[O-]CC1CO1.[Rb+]. The van der Waals surface area contributed by atoms with Gasteiger partial charge >= 0.3 is 58.2 Å². The average Bonchev–Trinajstić information content (AvgIpc) is 2.12. The van der Waals surface area contributed by atoms with E-state index in [9.17, 15) is 5.11 Å². The Bertz CT molecular complexity index is 39.9. The van der Waals surface area contributed by atoms with Crippen LogP contribution < -0.4 is 63.3 Å². The van der Waals surface area contributed by atoms with Crippen LogP contribution in [0.25, 0.3) is 0 Å². The fourth-order valence-corrected chi connectivity index (χ4v) is 0.164. The minimum Gasteiger partial charge on any atom is -0.853 e. The first-order valence-corrected chi connectivity index (χ1v) is 1.63. The van der Waals surface area contributed by atoms with Gasteiger partial charge in [0.2, 0.25) is 0 Å². The summed E-state index contributed by atoms with van der Waals surface area (Å²) in [6.07, 6.45) is 0.0787. The van der Waals surface area contributed by atoms with Gasteiger partial charge in [-0.3, -0.25) is 0 Å². The predicted molar refractivity (Wildman–Crippen MR) is 16.7 cm³/mol. The first-order valence-electron chi connectivity index (χ1n) is 1.63. The predicted octanol–water partition coefficient (Wildman–Crippen LogP) is -4.00. The maximum Gasteiger partial charge on any atom is 1.00 e. The number of rotatable bonds is 1. The molecule has 0 N–H and O–H groups in total. The maximum atomic E-state index is 9.57. The summed E-state index contributed by atoms with van der Waals surface area (Å²) >= 11 is 0. The fraction of sp³-hybridized carbons (Fsp3) is 1.00. The van der Waals surface area contributed by atoms with Crippen LogP contribution in [0.3, 0.4) is 0 Å². The smallest absolute Gasteiger partial charge is 0.853 e. The zero-order valence-electron chi connectivity index (χ0n) is 3.81. The molecule has 1 rings (SSSR count). The molecular formula is C3H7O2Rb. The molecule has 1 unspecified atom stereocenters. The van der Waals surface area contributed by atoms with E-state index in [0.717, 1.165) is 0 Å². The topological polar surface area (TPSA) is 35.6 Å². The van der Waals surface area contributed by atoms with Gasteiger partial charge in [0.05, 0.1) is 12.7 Å². The van der Waals surface area contributed by atoms with Gasteiger partial charge in [-0.25, -0.2) is 0 Å². The second-order valence-electron chi connectivity index (χ2n) is 1.12. The number of ether oxygens (including phenoxy) is 1. The Hall–Kier alpha value is 1.73. The van der Waals surface area contributed by atoms with Gasteiger partial charge in [-0.05, 0) is 0 Å². The molecule has 3 heteroatoms. The van der Waals surface area contributed by atoms with Gasteiger partial charge in [0.1, 0.15) is 0 Å². The van der Waals surface area contributed by atoms with E-state index in [1.54, 1.807) is 0 Å². The van der Waals surface area contributed by atoms with E-state index in [0.29, 0.717) is 6.61 Å². The Balaban J connectivity index is 0. The molecule has 0 aromatic heterocycles. The molecule has 0 aromatic carbocycles. The van der Waals surface area contributed by atoms with Crippen LogP contribution in [0.5, 0.6) is 0 Å². The summed E-state index contributed by atoms with van der Waals surface area (Å²) in [7, 11) is 0. The Labute approximate surface area is 87.1 Å². The van der Waals surface area contributed by atoms with Gasteiger partial charge in [0.15, 0.2) is 0 Å². The quantitative estimate of drug-likeness (QED) is 0.368. The van der Waals surface area contributed by atoms with Crippen molar-refractivity contribution in [1.82, 2.24) is 0 Å². The molecule has 1 heterocycles. The second kappa shape index (κ2) is 3.69. The first kappa shape index (κ1) is 7.73. The molecule has 1 atom stereocenters. The van der Waals surface area contributed by atoms with Crippen LogP contribution in [0.1, 0.15) is 1.43 Å². The Morgan fingerprint density at radius 2 is 2.50 bits per heavy atom. The largest absolute Gasteiger partial charge is 1.00 e. The maximum absolute atomic E-state index is 9.57. The van der Waals surface area contributed by atoms with Crippen LogP contribution in [-0.2, 0) is 4.74 Å². The molecule has 0 aliphatic carbocycles. The van der Waals surface area contributed by atoms with Crippen LogP contribution in [0.4, 0.5) is 0 Å². The molecule has 1 saturated heterocycles. The van der Waals surface area contributed by atoms with Gasteiger partial charge in [0.25, 0.3) is 0 Å². The molecule has 32 valence electrons. The van der Waals surface area contributed by atoms with Crippen LogP contribution in [0.15, 0.2) is 0 Å². The van der Waals surface area contributed by atoms with E-state index < -0.39 is 0 Å². The van der Waals surface area contributed by atoms with Gasteiger partial charge in [-0.15, -0.1) is 6.61 Å². The third-order valence-corrected chi connectivity index (χ3v) is 0.588. The molecule has 0 saturated carbocycles. The van der Waals surface area contributed by atoms with Crippen molar-refractivity contribution in [3.63, 3.8) is 0 Å². The Morgan fingerprint density at radius 1 is 2.00 bits per heavy atom. The van der Waals surface area contributed by atoms with E-state index >= 15 is 0 Å². The standard InChI is InChI=1S/C3H5O2.Rb.H2/c4-1-3-2-5-3;;/h3H,1-2H2;;1H/q-1;+1;/i;;1+1. The minimum atomic E-state index is -0.0556. The first-order chi connectivity index (χ1) is 2.43.